The molecule has 190 valence electrons. The highest BCUT2D eigenvalue weighted by Crippen LogP contribution is 2.43. The number of nitrogens with one attached hydrogen (secondary N) is 1. The Labute approximate surface area is 218 Å². The fraction of sp³-hybridized carbons (Fsp3) is 0.267. The van der Waals surface area contributed by atoms with Gasteiger partial charge in [-0.05, 0) is 29.2 Å². The quantitative estimate of drug-likeness (QED) is 0.557. The number of anilines is 1. The third-order valence-corrected chi connectivity index (χ3v) is 7.05. The SMILES string of the molecule is C=Cc1ccccc1N1C(=C)C(C=N)=C2CCN(C(=O)OCc3ccccc3)CC2=C1N1CCOCC1. The monoisotopic (exact) mass is 496 g/mol. The van der Waals surface area contributed by atoms with Crippen LogP contribution in [0.5, 0.6) is 0 Å². The van der Waals surface area contributed by atoms with E-state index in [0.29, 0.717) is 32.7 Å². The number of morpholine rings is 1. The van der Waals surface area contributed by atoms with Crippen molar-refractivity contribution in [3.63, 3.8) is 0 Å². The van der Waals surface area contributed by atoms with Crippen molar-refractivity contribution in [2.45, 2.75) is 13.0 Å². The van der Waals surface area contributed by atoms with Gasteiger partial charge < -0.3 is 24.7 Å². The lowest BCUT2D eigenvalue weighted by atomic mass is 9.87. The van der Waals surface area contributed by atoms with Gasteiger partial charge in [0.25, 0.3) is 0 Å². The second-order valence-electron chi connectivity index (χ2n) is 9.19. The molecule has 0 aromatic heterocycles. The van der Waals surface area contributed by atoms with Gasteiger partial charge in [0.15, 0.2) is 0 Å². The van der Waals surface area contributed by atoms with E-state index in [-0.39, 0.29) is 12.7 Å². The van der Waals surface area contributed by atoms with Crippen molar-refractivity contribution in [3.05, 3.63) is 107 Å². The van der Waals surface area contributed by atoms with Crippen molar-refractivity contribution < 1.29 is 14.3 Å². The Kier molecular flexibility index (Phi) is 7.23. The summed E-state index contributed by atoms with van der Waals surface area (Å²) in [6.07, 6.45) is 3.52. The maximum absolute atomic E-state index is 13.1. The molecule has 37 heavy (non-hydrogen) atoms. The molecule has 0 radical (unpaired) electrons. The number of ether oxygens (including phenoxy) is 2. The Morgan fingerprint density at radius 1 is 1.03 bits per heavy atom. The van der Waals surface area contributed by atoms with E-state index in [2.05, 4.69) is 23.0 Å². The molecule has 0 saturated carbocycles. The van der Waals surface area contributed by atoms with Gasteiger partial charge in [0, 0.05) is 42.7 Å². The Morgan fingerprint density at radius 2 is 1.76 bits per heavy atom. The van der Waals surface area contributed by atoms with Crippen molar-refractivity contribution in [2.75, 3.05) is 44.3 Å². The highest BCUT2D eigenvalue weighted by molar-refractivity contribution is 5.91. The molecule has 2 aromatic rings. The summed E-state index contributed by atoms with van der Waals surface area (Å²) >= 11 is 0. The lowest BCUT2D eigenvalue weighted by Crippen LogP contribution is -2.48. The van der Waals surface area contributed by atoms with E-state index in [0.717, 1.165) is 58.1 Å². The summed E-state index contributed by atoms with van der Waals surface area (Å²) in [6.45, 7) is 12.3. The van der Waals surface area contributed by atoms with Crippen LogP contribution in [0.2, 0.25) is 0 Å². The summed E-state index contributed by atoms with van der Waals surface area (Å²) in [5.41, 5.74) is 6.51. The van der Waals surface area contributed by atoms with Gasteiger partial charge in [0.1, 0.15) is 12.4 Å². The Morgan fingerprint density at radius 3 is 2.49 bits per heavy atom. The lowest BCUT2D eigenvalue weighted by molar-refractivity contribution is 0.0515. The summed E-state index contributed by atoms with van der Waals surface area (Å²) in [7, 11) is 0. The van der Waals surface area contributed by atoms with Crippen molar-refractivity contribution in [1.29, 1.82) is 5.41 Å². The molecular formula is C30H32N4O3. The van der Waals surface area contributed by atoms with E-state index in [1.807, 2.05) is 60.7 Å². The molecule has 1 amide bonds. The molecule has 2 saturated heterocycles. The molecule has 0 bridgehead atoms. The van der Waals surface area contributed by atoms with Gasteiger partial charge in [-0.1, -0.05) is 67.8 Å². The average Bonchev–Trinajstić information content (AvgIpc) is 2.96. The maximum Gasteiger partial charge on any atom is 0.410 e. The molecule has 7 nitrogen and oxygen atoms in total. The van der Waals surface area contributed by atoms with Crippen LogP contribution in [0.3, 0.4) is 0 Å². The Bertz CT molecular complexity index is 1270. The average molecular weight is 497 g/mol. The first-order valence-electron chi connectivity index (χ1n) is 12.6. The Balaban J connectivity index is 1.55. The fourth-order valence-corrected chi connectivity index (χ4v) is 5.19. The van der Waals surface area contributed by atoms with Crippen LogP contribution in [-0.4, -0.2) is 61.5 Å². The zero-order chi connectivity index (χ0) is 25.8. The largest absolute Gasteiger partial charge is 0.445 e. The van der Waals surface area contributed by atoms with E-state index in [4.69, 9.17) is 14.9 Å². The minimum atomic E-state index is -0.337. The molecule has 7 heteroatoms. The van der Waals surface area contributed by atoms with Crippen LogP contribution < -0.4 is 4.90 Å². The first-order valence-corrected chi connectivity index (χ1v) is 12.6. The number of benzene rings is 2. The van der Waals surface area contributed by atoms with Crippen molar-refractivity contribution in [2.24, 2.45) is 0 Å². The minimum absolute atomic E-state index is 0.232. The second-order valence-corrected chi connectivity index (χ2v) is 9.19. The van der Waals surface area contributed by atoms with Gasteiger partial charge in [-0.3, -0.25) is 4.90 Å². The number of para-hydroxylation sites is 1. The number of rotatable bonds is 6. The number of carbonyl (C=O) groups excluding carboxylic acids is 1. The number of fused-ring (bicyclic) bond motifs is 1. The molecular weight excluding hydrogens is 464 g/mol. The van der Waals surface area contributed by atoms with Gasteiger partial charge >= 0.3 is 6.09 Å². The van der Waals surface area contributed by atoms with Gasteiger partial charge in [0.05, 0.1) is 25.4 Å². The summed E-state index contributed by atoms with van der Waals surface area (Å²) in [5, 5.41) is 8.26. The summed E-state index contributed by atoms with van der Waals surface area (Å²) in [6, 6.07) is 17.8. The predicted molar refractivity (Wildman–Crippen MR) is 146 cm³/mol. The van der Waals surface area contributed by atoms with Gasteiger partial charge in [-0.2, -0.15) is 0 Å². The van der Waals surface area contributed by atoms with E-state index in [1.165, 1.54) is 6.21 Å². The number of piperidine rings is 1. The molecule has 5 rings (SSSR count). The third-order valence-electron chi connectivity index (χ3n) is 7.05. The molecule has 3 aliphatic rings. The predicted octanol–water partition coefficient (Wildman–Crippen LogP) is 5.20. The van der Waals surface area contributed by atoms with Crippen LogP contribution in [0.4, 0.5) is 10.5 Å². The molecule has 3 aliphatic heterocycles. The van der Waals surface area contributed by atoms with Gasteiger partial charge in [-0.15, -0.1) is 0 Å². The maximum atomic E-state index is 13.1. The molecule has 1 N–H and O–H groups in total. The molecule has 0 aliphatic carbocycles. The Hall–Kier alpha value is -4.10. The number of allylic oxidation sites excluding steroid dienone is 1. The van der Waals surface area contributed by atoms with Gasteiger partial charge in [-0.25, -0.2) is 4.79 Å². The summed E-state index contributed by atoms with van der Waals surface area (Å²) < 4.78 is 11.3. The van der Waals surface area contributed by atoms with Crippen molar-refractivity contribution >= 4 is 24.1 Å². The first-order chi connectivity index (χ1) is 18.1. The van der Waals surface area contributed by atoms with Gasteiger partial charge in [0.2, 0.25) is 0 Å². The fourth-order valence-electron chi connectivity index (χ4n) is 5.19. The van der Waals surface area contributed by atoms with E-state index >= 15 is 0 Å². The zero-order valence-corrected chi connectivity index (χ0v) is 21.0. The molecule has 2 aromatic carbocycles. The van der Waals surface area contributed by atoms with Crippen molar-refractivity contribution in [3.8, 4) is 0 Å². The standard InChI is InChI=1S/C30H32N4O3/c1-3-24-11-7-8-12-28(24)34-22(2)26(19-31)25-13-14-33(30(35)37-21-23-9-5-4-6-10-23)20-27(25)29(34)32-15-17-36-18-16-32/h3-12,19,31H,1-2,13-18,20-21H2. The zero-order valence-electron chi connectivity index (χ0n) is 21.0. The van der Waals surface area contributed by atoms with E-state index in [1.54, 1.807) is 4.90 Å². The number of hydrogen-bond donors (Lipinski definition) is 1. The molecule has 0 unspecified atom stereocenters. The smallest absolute Gasteiger partial charge is 0.410 e. The highest BCUT2D eigenvalue weighted by atomic mass is 16.6. The molecule has 3 heterocycles. The topological polar surface area (TPSA) is 69.1 Å². The van der Waals surface area contributed by atoms with Crippen LogP contribution in [0.25, 0.3) is 6.08 Å². The van der Waals surface area contributed by atoms with E-state index < -0.39 is 0 Å². The molecule has 0 spiro atoms. The molecule has 0 atom stereocenters. The normalized spacial score (nSPS) is 18.1. The number of carbonyl (C=O) groups is 1. The minimum Gasteiger partial charge on any atom is -0.445 e. The number of likely N-dealkylation sites (tertiary alicyclic amines) is 1. The second kappa shape index (κ2) is 10.9. The number of hydrogen-bond acceptors (Lipinski definition) is 6. The van der Waals surface area contributed by atoms with Crippen LogP contribution >= 0.6 is 0 Å². The third kappa shape index (κ3) is 4.82. The highest BCUT2D eigenvalue weighted by Gasteiger charge is 2.38. The number of amides is 1. The van der Waals surface area contributed by atoms with Crippen LogP contribution in [0, 0.1) is 5.41 Å². The van der Waals surface area contributed by atoms with Crippen LogP contribution in [0.15, 0.2) is 96.0 Å². The number of nitrogens with zero attached hydrogens (tertiary/aromatic N) is 3. The van der Waals surface area contributed by atoms with Crippen molar-refractivity contribution in [1.82, 2.24) is 9.80 Å². The summed E-state index contributed by atoms with van der Waals surface area (Å²) in [5.74, 6) is 0.990. The molecule has 2 fully saturated rings. The van der Waals surface area contributed by atoms with Crippen LogP contribution in [0.1, 0.15) is 17.5 Å². The lowest BCUT2D eigenvalue weighted by Gasteiger charge is -2.46. The summed E-state index contributed by atoms with van der Waals surface area (Å²) in [4.78, 5) is 19.3. The van der Waals surface area contributed by atoms with Crippen LogP contribution in [-0.2, 0) is 16.1 Å². The van der Waals surface area contributed by atoms with E-state index in [9.17, 15) is 4.79 Å². The first kappa shape index (κ1) is 24.6.